The number of anilines is 1. The summed E-state index contributed by atoms with van der Waals surface area (Å²) >= 11 is 0. The Bertz CT molecular complexity index is 785. The van der Waals surface area contributed by atoms with Crippen LogP contribution in [0.5, 0.6) is 0 Å². The molecule has 0 radical (unpaired) electrons. The molecule has 10 heteroatoms. The van der Waals surface area contributed by atoms with Crippen LogP contribution in [0.1, 0.15) is 45.9 Å². The molecule has 3 heterocycles. The minimum absolute atomic E-state index is 0.0508. The molecule has 146 valence electrons. The Morgan fingerprint density at radius 3 is 2.33 bits per heavy atom. The maximum absolute atomic E-state index is 12.6. The summed E-state index contributed by atoms with van der Waals surface area (Å²) in [6, 6.07) is 0. The lowest BCUT2D eigenvalue weighted by Crippen LogP contribution is -2.53. The minimum Gasteiger partial charge on any atom is -0.415 e. The number of hydrogen-bond donors (Lipinski definition) is 1. The van der Waals surface area contributed by atoms with E-state index < -0.39 is 12.3 Å². The molecule has 1 fully saturated rings. The van der Waals surface area contributed by atoms with Crippen LogP contribution in [0.2, 0.25) is 0 Å². The molecular formula is C17H22F2N6O2. The van der Waals surface area contributed by atoms with Crippen LogP contribution in [0.25, 0.3) is 11.5 Å². The highest BCUT2D eigenvalue weighted by molar-refractivity contribution is 5.73. The van der Waals surface area contributed by atoms with E-state index in [9.17, 15) is 13.6 Å². The number of aromatic nitrogens is 4. The molecule has 0 spiro atoms. The highest BCUT2D eigenvalue weighted by Gasteiger charge is 2.38. The predicted octanol–water partition coefficient (Wildman–Crippen LogP) is 2.91. The van der Waals surface area contributed by atoms with Gasteiger partial charge in [0.05, 0.1) is 5.56 Å². The van der Waals surface area contributed by atoms with Crippen LogP contribution in [-0.2, 0) is 4.79 Å². The first kappa shape index (κ1) is 19.1. The van der Waals surface area contributed by atoms with Crippen molar-refractivity contribution in [1.82, 2.24) is 25.1 Å². The molecule has 1 N–H and O–H groups in total. The van der Waals surface area contributed by atoms with Gasteiger partial charge in [0.2, 0.25) is 11.9 Å². The molecular weight excluding hydrogens is 358 g/mol. The van der Waals surface area contributed by atoms with E-state index in [0.29, 0.717) is 30.5 Å². The lowest BCUT2D eigenvalue weighted by molar-refractivity contribution is -0.130. The zero-order valence-electron chi connectivity index (χ0n) is 15.4. The Labute approximate surface area is 155 Å². The Morgan fingerprint density at radius 2 is 1.85 bits per heavy atom. The summed E-state index contributed by atoms with van der Waals surface area (Å²) in [5, 5.41) is 10.3. The summed E-state index contributed by atoms with van der Waals surface area (Å²) in [6.07, 6.45) is 1.67. The standard InChI is InChI=1S/C17H22F2N6O2/c1-10(2)17(4-6-25(7-5-17)11(3)26)22-16-20-8-12(9-21-16)14-23-24-15(27-14)13(18)19/h8-10,13H,4-7H2,1-3H3,(H,20,21,22). The number of alkyl halides is 2. The lowest BCUT2D eigenvalue weighted by atomic mass is 9.78. The maximum Gasteiger partial charge on any atom is 0.314 e. The summed E-state index contributed by atoms with van der Waals surface area (Å²) in [6.45, 7) is 7.17. The van der Waals surface area contributed by atoms with Gasteiger partial charge in [0, 0.05) is 37.9 Å². The zero-order valence-corrected chi connectivity index (χ0v) is 15.4. The summed E-state index contributed by atoms with van der Waals surface area (Å²) in [7, 11) is 0. The first-order valence-electron chi connectivity index (χ1n) is 8.78. The third-order valence-corrected chi connectivity index (χ3v) is 5.09. The van der Waals surface area contributed by atoms with Crippen LogP contribution in [0.3, 0.4) is 0 Å². The molecule has 0 saturated carbocycles. The Morgan fingerprint density at radius 1 is 1.22 bits per heavy atom. The first-order valence-corrected chi connectivity index (χ1v) is 8.78. The van der Waals surface area contributed by atoms with Gasteiger partial charge < -0.3 is 14.6 Å². The van der Waals surface area contributed by atoms with Crippen LogP contribution in [0, 0.1) is 5.92 Å². The van der Waals surface area contributed by atoms with Crippen LogP contribution in [0.15, 0.2) is 16.8 Å². The van der Waals surface area contributed by atoms with Gasteiger partial charge in [-0.05, 0) is 18.8 Å². The van der Waals surface area contributed by atoms with Crippen molar-refractivity contribution in [3.63, 3.8) is 0 Å². The van der Waals surface area contributed by atoms with Crippen molar-refractivity contribution in [1.29, 1.82) is 0 Å². The van der Waals surface area contributed by atoms with E-state index in [2.05, 4.69) is 39.3 Å². The van der Waals surface area contributed by atoms with Gasteiger partial charge in [0.25, 0.3) is 11.8 Å². The molecule has 0 bridgehead atoms. The number of carbonyl (C=O) groups is 1. The molecule has 2 aromatic rings. The predicted molar refractivity (Wildman–Crippen MR) is 93.0 cm³/mol. The van der Waals surface area contributed by atoms with Gasteiger partial charge in [-0.25, -0.2) is 9.97 Å². The van der Waals surface area contributed by atoms with Gasteiger partial charge in [-0.2, -0.15) is 8.78 Å². The summed E-state index contributed by atoms with van der Waals surface area (Å²) in [5.41, 5.74) is 0.144. The van der Waals surface area contributed by atoms with E-state index >= 15 is 0 Å². The molecule has 1 aliphatic heterocycles. The van der Waals surface area contributed by atoms with E-state index in [-0.39, 0.29) is 17.3 Å². The zero-order chi connectivity index (χ0) is 19.6. The average molecular weight is 380 g/mol. The van der Waals surface area contributed by atoms with Crippen molar-refractivity contribution < 1.29 is 18.0 Å². The van der Waals surface area contributed by atoms with Crippen molar-refractivity contribution in [3.8, 4) is 11.5 Å². The highest BCUT2D eigenvalue weighted by Crippen LogP contribution is 2.33. The molecule has 1 aliphatic rings. The molecule has 2 aromatic heterocycles. The smallest absolute Gasteiger partial charge is 0.314 e. The Hall–Kier alpha value is -2.65. The normalized spacial score (nSPS) is 16.8. The van der Waals surface area contributed by atoms with E-state index in [1.165, 1.54) is 12.4 Å². The molecule has 0 aromatic carbocycles. The summed E-state index contributed by atoms with van der Waals surface area (Å²) < 4.78 is 30.0. The third kappa shape index (κ3) is 4.04. The lowest BCUT2D eigenvalue weighted by Gasteiger charge is -2.45. The Kier molecular flexibility index (Phi) is 5.33. The van der Waals surface area contributed by atoms with Crippen LogP contribution in [-0.4, -0.2) is 49.6 Å². The SMILES string of the molecule is CC(=O)N1CCC(Nc2ncc(-c3nnc(C(F)F)o3)cn2)(C(C)C)CC1. The number of carbonyl (C=O) groups excluding carboxylic acids is 1. The van der Waals surface area contributed by atoms with Crippen molar-refractivity contribution in [2.75, 3.05) is 18.4 Å². The largest absolute Gasteiger partial charge is 0.415 e. The molecule has 27 heavy (non-hydrogen) atoms. The number of likely N-dealkylation sites (tertiary alicyclic amines) is 1. The van der Waals surface area contributed by atoms with Gasteiger partial charge in [-0.3, -0.25) is 4.79 Å². The molecule has 8 nitrogen and oxygen atoms in total. The van der Waals surface area contributed by atoms with Crippen molar-refractivity contribution in [3.05, 3.63) is 18.3 Å². The second kappa shape index (κ2) is 7.53. The van der Waals surface area contributed by atoms with Crippen LogP contribution < -0.4 is 5.32 Å². The van der Waals surface area contributed by atoms with E-state index in [4.69, 9.17) is 4.42 Å². The summed E-state index contributed by atoms with van der Waals surface area (Å²) in [5.74, 6) is 0.0285. The number of nitrogens with zero attached hydrogens (tertiary/aromatic N) is 5. The summed E-state index contributed by atoms with van der Waals surface area (Å²) in [4.78, 5) is 21.9. The minimum atomic E-state index is -2.82. The van der Waals surface area contributed by atoms with E-state index in [1.54, 1.807) is 6.92 Å². The topological polar surface area (TPSA) is 97.0 Å². The van der Waals surface area contributed by atoms with E-state index in [0.717, 1.165) is 12.8 Å². The highest BCUT2D eigenvalue weighted by atomic mass is 19.3. The molecule has 1 amide bonds. The maximum atomic E-state index is 12.6. The fourth-order valence-corrected chi connectivity index (χ4v) is 3.23. The van der Waals surface area contributed by atoms with Gasteiger partial charge in [-0.15, -0.1) is 10.2 Å². The second-order valence-corrected chi connectivity index (χ2v) is 6.98. The van der Waals surface area contributed by atoms with Gasteiger partial charge in [0.1, 0.15) is 0 Å². The Balaban J connectivity index is 1.73. The molecule has 0 unspecified atom stereocenters. The van der Waals surface area contributed by atoms with E-state index in [1.807, 2.05) is 4.90 Å². The van der Waals surface area contributed by atoms with Crippen molar-refractivity contribution in [2.45, 2.75) is 45.6 Å². The number of halogens is 2. The molecule has 1 saturated heterocycles. The average Bonchev–Trinajstić information content (AvgIpc) is 3.13. The number of nitrogens with one attached hydrogen (secondary N) is 1. The number of rotatable bonds is 5. The van der Waals surface area contributed by atoms with Crippen molar-refractivity contribution >= 4 is 11.9 Å². The van der Waals surface area contributed by atoms with Gasteiger partial charge in [0.15, 0.2) is 0 Å². The fourth-order valence-electron chi connectivity index (χ4n) is 3.23. The van der Waals surface area contributed by atoms with Crippen molar-refractivity contribution in [2.24, 2.45) is 5.92 Å². The number of piperidine rings is 1. The van der Waals surface area contributed by atoms with Crippen LogP contribution >= 0.6 is 0 Å². The monoisotopic (exact) mass is 380 g/mol. The third-order valence-electron chi connectivity index (χ3n) is 5.09. The second-order valence-electron chi connectivity index (χ2n) is 6.98. The molecule has 0 aliphatic carbocycles. The number of hydrogen-bond acceptors (Lipinski definition) is 7. The molecule has 3 rings (SSSR count). The molecule has 0 atom stereocenters. The van der Waals surface area contributed by atoms with Crippen LogP contribution in [0.4, 0.5) is 14.7 Å². The quantitative estimate of drug-likeness (QED) is 0.852. The first-order chi connectivity index (χ1) is 12.8. The van der Waals surface area contributed by atoms with Gasteiger partial charge in [-0.1, -0.05) is 13.8 Å². The number of amides is 1. The van der Waals surface area contributed by atoms with Gasteiger partial charge >= 0.3 is 6.43 Å². The fraction of sp³-hybridized carbons (Fsp3) is 0.588.